The van der Waals surface area contributed by atoms with Crippen LogP contribution in [0.15, 0.2) is 48.5 Å². The van der Waals surface area contributed by atoms with Gasteiger partial charge in [-0.1, -0.05) is 18.2 Å². The summed E-state index contributed by atoms with van der Waals surface area (Å²) in [6.45, 7) is 3.85. The third-order valence-corrected chi connectivity index (χ3v) is 4.38. The van der Waals surface area contributed by atoms with Gasteiger partial charge >= 0.3 is 0 Å². The van der Waals surface area contributed by atoms with Crippen molar-refractivity contribution in [3.05, 3.63) is 68.9 Å². The fourth-order valence-corrected chi connectivity index (χ4v) is 2.95. The van der Waals surface area contributed by atoms with Crippen molar-refractivity contribution in [1.82, 2.24) is 4.98 Å². The molecule has 1 N–H and O–H groups in total. The maximum atomic E-state index is 12.6. The Hall–Kier alpha value is -1.95. The number of carbonyl (C=O) groups excluding carboxylic acids is 1. The van der Waals surface area contributed by atoms with Crippen LogP contribution < -0.4 is 5.32 Å². The van der Waals surface area contributed by atoms with Crippen LogP contribution in [0.5, 0.6) is 0 Å². The Balaban J connectivity index is 2.02. The summed E-state index contributed by atoms with van der Waals surface area (Å²) in [6, 6.07) is 15.6. The number of carbonyl (C=O) groups is 1. The molecule has 0 aliphatic rings. The van der Waals surface area contributed by atoms with Crippen molar-refractivity contribution in [3.8, 4) is 0 Å². The highest BCUT2D eigenvalue weighted by molar-refractivity contribution is 14.1. The number of halogens is 1. The van der Waals surface area contributed by atoms with E-state index >= 15 is 0 Å². The number of aryl methyl sites for hydroxylation is 2. The number of anilines is 1. The fraction of sp³-hybridized carbons (Fsp3) is 0.111. The predicted molar refractivity (Wildman–Crippen MR) is 98.3 cm³/mol. The number of rotatable bonds is 2. The number of amides is 1. The average molecular weight is 402 g/mol. The van der Waals surface area contributed by atoms with E-state index < -0.39 is 0 Å². The average Bonchev–Trinajstić information content (AvgIpc) is 2.49. The smallest absolute Gasteiger partial charge is 0.257 e. The first-order chi connectivity index (χ1) is 10.6. The lowest BCUT2D eigenvalue weighted by Crippen LogP contribution is -2.16. The summed E-state index contributed by atoms with van der Waals surface area (Å²) >= 11 is 2.24. The molecule has 0 radical (unpaired) electrons. The Bertz CT molecular complexity index is 857. The minimum atomic E-state index is -0.116. The lowest BCUT2D eigenvalue weighted by molar-refractivity contribution is 0.102. The molecular formula is C18H15IN2O. The third kappa shape index (κ3) is 2.83. The van der Waals surface area contributed by atoms with Gasteiger partial charge in [0.2, 0.25) is 0 Å². The van der Waals surface area contributed by atoms with E-state index in [-0.39, 0.29) is 5.91 Å². The van der Waals surface area contributed by atoms with Gasteiger partial charge in [-0.2, -0.15) is 0 Å². The second kappa shape index (κ2) is 6.04. The summed E-state index contributed by atoms with van der Waals surface area (Å²) in [5, 5.41) is 3.96. The van der Waals surface area contributed by atoms with Crippen LogP contribution in [0.1, 0.15) is 21.6 Å². The summed E-state index contributed by atoms with van der Waals surface area (Å²) in [7, 11) is 0. The molecule has 2 aromatic carbocycles. The van der Waals surface area contributed by atoms with Gasteiger partial charge in [0.25, 0.3) is 5.91 Å². The van der Waals surface area contributed by atoms with Crippen LogP contribution >= 0.6 is 22.6 Å². The first-order valence-corrected chi connectivity index (χ1v) is 8.07. The second-order valence-corrected chi connectivity index (χ2v) is 6.42. The molecule has 3 rings (SSSR count). The molecule has 1 heterocycles. The molecule has 0 atom stereocenters. The Morgan fingerprint density at radius 1 is 1.05 bits per heavy atom. The number of para-hydroxylation sites is 1. The van der Waals surface area contributed by atoms with Crippen molar-refractivity contribution in [3.63, 3.8) is 0 Å². The van der Waals surface area contributed by atoms with Gasteiger partial charge in [0.15, 0.2) is 0 Å². The van der Waals surface area contributed by atoms with Crippen molar-refractivity contribution < 1.29 is 4.79 Å². The molecule has 22 heavy (non-hydrogen) atoms. The number of nitrogens with one attached hydrogen (secondary N) is 1. The summed E-state index contributed by atoms with van der Waals surface area (Å²) in [6.07, 6.45) is 0. The topological polar surface area (TPSA) is 42.0 Å². The number of hydrogen-bond donors (Lipinski definition) is 1. The maximum absolute atomic E-state index is 12.6. The van der Waals surface area contributed by atoms with Crippen molar-refractivity contribution in [2.24, 2.45) is 0 Å². The van der Waals surface area contributed by atoms with E-state index in [1.807, 2.05) is 62.4 Å². The molecular weight excluding hydrogens is 387 g/mol. The number of fused-ring (bicyclic) bond motifs is 1. The number of benzene rings is 2. The first kappa shape index (κ1) is 15.0. The summed E-state index contributed by atoms with van der Waals surface area (Å²) in [5.74, 6) is -0.116. The largest absolute Gasteiger partial charge is 0.322 e. The molecule has 4 heteroatoms. The molecule has 0 bridgehead atoms. The number of hydrogen-bond acceptors (Lipinski definition) is 2. The lowest BCUT2D eigenvalue weighted by atomic mass is 10.0. The lowest BCUT2D eigenvalue weighted by Gasteiger charge is -2.12. The van der Waals surface area contributed by atoms with E-state index in [9.17, 15) is 4.79 Å². The normalized spacial score (nSPS) is 10.7. The molecule has 1 aromatic heterocycles. The van der Waals surface area contributed by atoms with Gasteiger partial charge < -0.3 is 5.32 Å². The Labute approximate surface area is 142 Å². The molecule has 3 aromatic rings. The van der Waals surface area contributed by atoms with Crippen molar-refractivity contribution >= 4 is 45.1 Å². The van der Waals surface area contributed by atoms with E-state index in [2.05, 4.69) is 32.9 Å². The van der Waals surface area contributed by atoms with Gasteiger partial charge in [-0.15, -0.1) is 0 Å². The molecule has 0 fully saturated rings. The number of pyridine rings is 1. The van der Waals surface area contributed by atoms with Crippen LogP contribution in [0.25, 0.3) is 10.9 Å². The first-order valence-electron chi connectivity index (χ1n) is 6.99. The van der Waals surface area contributed by atoms with Gasteiger partial charge in [-0.25, -0.2) is 0 Å². The standard InChI is InChI=1S/C18H15IN2O/c1-11-15-5-3-4-6-16(15)20-12(2)17(11)18(22)21-14-9-7-13(19)8-10-14/h3-10H,1-2H3,(H,21,22). The second-order valence-electron chi connectivity index (χ2n) is 5.18. The molecule has 0 aliphatic carbocycles. The Kier molecular flexibility index (Phi) is 4.11. The van der Waals surface area contributed by atoms with Crippen molar-refractivity contribution in [2.75, 3.05) is 5.32 Å². The minimum Gasteiger partial charge on any atom is -0.322 e. The van der Waals surface area contributed by atoms with Crippen molar-refractivity contribution in [2.45, 2.75) is 13.8 Å². The molecule has 0 saturated heterocycles. The molecule has 0 aliphatic heterocycles. The molecule has 110 valence electrons. The third-order valence-electron chi connectivity index (χ3n) is 3.66. The highest BCUT2D eigenvalue weighted by Crippen LogP contribution is 2.23. The van der Waals surface area contributed by atoms with Gasteiger partial charge in [-0.3, -0.25) is 9.78 Å². The molecule has 1 amide bonds. The van der Waals surface area contributed by atoms with E-state index in [1.54, 1.807) is 0 Å². The highest BCUT2D eigenvalue weighted by Gasteiger charge is 2.16. The van der Waals surface area contributed by atoms with Gasteiger partial charge in [0.1, 0.15) is 0 Å². The monoisotopic (exact) mass is 402 g/mol. The van der Waals surface area contributed by atoms with E-state index in [0.717, 1.165) is 31.4 Å². The summed E-state index contributed by atoms with van der Waals surface area (Å²) < 4.78 is 1.13. The Morgan fingerprint density at radius 3 is 2.45 bits per heavy atom. The quantitative estimate of drug-likeness (QED) is 0.631. The van der Waals surface area contributed by atoms with E-state index in [0.29, 0.717) is 5.56 Å². The van der Waals surface area contributed by atoms with Crippen LogP contribution in [0, 0.1) is 17.4 Å². The molecule has 3 nitrogen and oxygen atoms in total. The van der Waals surface area contributed by atoms with Crippen LogP contribution in [0.3, 0.4) is 0 Å². The zero-order chi connectivity index (χ0) is 15.7. The fourth-order valence-electron chi connectivity index (χ4n) is 2.59. The van der Waals surface area contributed by atoms with Gasteiger partial charge in [0.05, 0.1) is 16.8 Å². The maximum Gasteiger partial charge on any atom is 0.257 e. The molecule has 0 unspecified atom stereocenters. The Morgan fingerprint density at radius 2 is 1.73 bits per heavy atom. The molecule has 0 saturated carbocycles. The van der Waals surface area contributed by atoms with Crippen LogP contribution in [0.4, 0.5) is 5.69 Å². The number of aromatic nitrogens is 1. The van der Waals surface area contributed by atoms with Crippen LogP contribution in [-0.2, 0) is 0 Å². The zero-order valence-electron chi connectivity index (χ0n) is 12.4. The van der Waals surface area contributed by atoms with E-state index in [4.69, 9.17) is 0 Å². The zero-order valence-corrected chi connectivity index (χ0v) is 14.5. The number of nitrogens with zero attached hydrogens (tertiary/aromatic N) is 1. The predicted octanol–water partition coefficient (Wildman–Crippen LogP) is 4.71. The van der Waals surface area contributed by atoms with Gasteiger partial charge in [-0.05, 0) is 72.3 Å². The van der Waals surface area contributed by atoms with Crippen molar-refractivity contribution in [1.29, 1.82) is 0 Å². The van der Waals surface area contributed by atoms with Crippen LogP contribution in [-0.4, -0.2) is 10.9 Å². The highest BCUT2D eigenvalue weighted by atomic mass is 127. The minimum absolute atomic E-state index is 0.116. The van der Waals surface area contributed by atoms with E-state index in [1.165, 1.54) is 0 Å². The van der Waals surface area contributed by atoms with Crippen LogP contribution in [0.2, 0.25) is 0 Å². The summed E-state index contributed by atoms with van der Waals surface area (Å²) in [4.78, 5) is 17.2. The summed E-state index contributed by atoms with van der Waals surface area (Å²) in [5.41, 5.74) is 4.07. The van der Waals surface area contributed by atoms with Gasteiger partial charge in [0, 0.05) is 14.6 Å². The molecule has 0 spiro atoms. The SMILES string of the molecule is Cc1nc2ccccc2c(C)c1C(=O)Nc1ccc(I)cc1.